The maximum Gasteiger partial charge on any atom is 0.264 e. The van der Waals surface area contributed by atoms with Gasteiger partial charge in [0.05, 0.1) is 11.5 Å². The minimum Gasteiger partial charge on any atom is -0.327 e. The third kappa shape index (κ3) is 16.4. The lowest BCUT2D eigenvalue weighted by atomic mass is 10.3. The SMILES string of the molecule is NC(CCS(=O)(=O)O)CSSCCCCS(=O)(=O)O. The fraction of sp³-hybridized carbons (Fsp3) is 1.00. The van der Waals surface area contributed by atoms with Crippen molar-refractivity contribution >= 4 is 41.8 Å². The van der Waals surface area contributed by atoms with Crippen LogP contribution in [0.1, 0.15) is 19.3 Å². The third-order valence-electron chi connectivity index (χ3n) is 1.99. The second-order valence-electron chi connectivity index (χ2n) is 3.93. The maximum atomic E-state index is 10.5. The highest BCUT2D eigenvalue weighted by atomic mass is 33.1. The number of rotatable bonds is 11. The van der Waals surface area contributed by atoms with Gasteiger partial charge in [-0.25, -0.2) is 0 Å². The molecule has 0 aliphatic rings. The van der Waals surface area contributed by atoms with Crippen molar-refractivity contribution in [1.82, 2.24) is 0 Å². The van der Waals surface area contributed by atoms with E-state index in [0.29, 0.717) is 18.6 Å². The van der Waals surface area contributed by atoms with Gasteiger partial charge in [0.2, 0.25) is 0 Å². The van der Waals surface area contributed by atoms with Crippen LogP contribution in [-0.2, 0) is 20.2 Å². The van der Waals surface area contributed by atoms with Crippen molar-refractivity contribution in [3.8, 4) is 0 Å². The number of hydrogen-bond donors (Lipinski definition) is 3. The van der Waals surface area contributed by atoms with E-state index >= 15 is 0 Å². The van der Waals surface area contributed by atoms with Gasteiger partial charge in [-0.2, -0.15) is 16.8 Å². The van der Waals surface area contributed by atoms with Crippen LogP contribution in [0.4, 0.5) is 0 Å². The summed E-state index contributed by atoms with van der Waals surface area (Å²) < 4.78 is 58.8. The standard InChI is InChI=1S/C8H19NO6S4/c9-8(3-6-19(13,14)15)7-17-16-4-1-2-5-18(10,11)12/h8H,1-7,9H2,(H,10,11,12)(H,13,14,15). The van der Waals surface area contributed by atoms with Gasteiger partial charge in [-0.15, -0.1) is 0 Å². The molecular weight excluding hydrogens is 334 g/mol. The molecule has 4 N–H and O–H groups in total. The van der Waals surface area contributed by atoms with Crippen molar-refractivity contribution in [1.29, 1.82) is 0 Å². The molecule has 116 valence electrons. The minimum absolute atomic E-state index is 0.204. The molecule has 0 spiro atoms. The van der Waals surface area contributed by atoms with Crippen LogP contribution in [0.2, 0.25) is 0 Å². The van der Waals surface area contributed by atoms with E-state index in [-0.39, 0.29) is 24.0 Å². The van der Waals surface area contributed by atoms with E-state index in [2.05, 4.69) is 0 Å². The van der Waals surface area contributed by atoms with Crippen molar-refractivity contribution in [2.75, 3.05) is 23.0 Å². The van der Waals surface area contributed by atoms with E-state index in [4.69, 9.17) is 14.8 Å². The quantitative estimate of drug-likeness (QED) is 0.278. The van der Waals surface area contributed by atoms with Crippen molar-refractivity contribution in [2.45, 2.75) is 25.3 Å². The fourth-order valence-corrected chi connectivity index (χ4v) is 4.59. The van der Waals surface area contributed by atoms with Gasteiger partial charge in [0.1, 0.15) is 0 Å². The summed E-state index contributed by atoms with van der Waals surface area (Å²) in [5.41, 5.74) is 5.66. The topological polar surface area (TPSA) is 135 Å². The van der Waals surface area contributed by atoms with Gasteiger partial charge in [0, 0.05) is 17.5 Å². The highest BCUT2D eigenvalue weighted by molar-refractivity contribution is 8.76. The zero-order chi connectivity index (χ0) is 14.9. The molecule has 1 unspecified atom stereocenters. The second-order valence-corrected chi connectivity index (χ2v) is 9.71. The first kappa shape index (κ1) is 19.5. The highest BCUT2D eigenvalue weighted by Gasteiger charge is 2.10. The fourth-order valence-electron chi connectivity index (χ4n) is 1.02. The van der Waals surface area contributed by atoms with Crippen LogP contribution in [0.15, 0.2) is 0 Å². The largest absolute Gasteiger partial charge is 0.327 e. The van der Waals surface area contributed by atoms with Crippen LogP contribution in [0.25, 0.3) is 0 Å². The second kappa shape index (κ2) is 9.42. The lowest BCUT2D eigenvalue weighted by Crippen LogP contribution is -2.25. The van der Waals surface area contributed by atoms with E-state index in [1.165, 1.54) is 21.6 Å². The lowest BCUT2D eigenvalue weighted by molar-refractivity contribution is 0.477. The average Bonchev–Trinajstić information content (AvgIpc) is 2.22. The Labute approximate surface area is 122 Å². The predicted octanol–water partition coefficient (Wildman–Crippen LogP) is 0.641. The first-order valence-corrected chi connectivity index (χ1v) is 11.2. The summed E-state index contributed by atoms with van der Waals surface area (Å²) in [6.07, 6.45) is 1.27. The van der Waals surface area contributed by atoms with Crippen molar-refractivity contribution < 1.29 is 25.9 Å². The van der Waals surface area contributed by atoms with Gasteiger partial charge in [0.15, 0.2) is 0 Å². The van der Waals surface area contributed by atoms with Crippen LogP contribution in [-0.4, -0.2) is 55.0 Å². The molecule has 7 nitrogen and oxygen atoms in total. The molecule has 0 aromatic carbocycles. The van der Waals surface area contributed by atoms with Gasteiger partial charge < -0.3 is 5.73 Å². The van der Waals surface area contributed by atoms with Crippen molar-refractivity contribution in [2.24, 2.45) is 5.73 Å². The van der Waals surface area contributed by atoms with Crippen LogP contribution in [0.5, 0.6) is 0 Å². The lowest BCUT2D eigenvalue weighted by Gasteiger charge is -2.09. The van der Waals surface area contributed by atoms with Gasteiger partial charge in [-0.05, 0) is 19.3 Å². The third-order valence-corrected chi connectivity index (χ3v) is 6.14. The molecule has 11 heteroatoms. The summed E-state index contributed by atoms with van der Waals surface area (Å²) in [7, 11) is -4.83. The minimum atomic E-state index is -3.95. The molecule has 0 saturated carbocycles. The van der Waals surface area contributed by atoms with Gasteiger partial charge >= 0.3 is 0 Å². The molecule has 0 aliphatic carbocycles. The zero-order valence-corrected chi connectivity index (χ0v) is 13.5. The molecule has 1 atom stereocenters. The van der Waals surface area contributed by atoms with Crippen LogP contribution >= 0.6 is 21.6 Å². The maximum absolute atomic E-state index is 10.5. The summed E-state index contributed by atoms with van der Waals surface area (Å²) >= 11 is 0. The Morgan fingerprint density at radius 1 is 0.947 bits per heavy atom. The first-order chi connectivity index (χ1) is 8.60. The van der Waals surface area contributed by atoms with E-state index in [1.54, 1.807) is 0 Å². The number of nitrogens with two attached hydrogens (primary N) is 1. The number of unbranched alkanes of at least 4 members (excludes halogenated alkanes) is 1. The Morgan fingerprint density at radius 3 is 2.05 bits per heavy atom. The Morgan fingerprint density at radius 2 is 1.53 bits per heavy atom. The Hall–Kier alpha value is 0.480. The summed E-state index contributed by atoms with van der Waals surface area (Å²) in [5, 5.41) is 0. The molecule has 0 radical (unpaired) electrons. The Bertz CT molecular complexity index is 434. The Balaban J connectivity index is 3.44. The molecule has 0 heterocycles. The Kier molecular flexibility index (Phi) is 9.66. The van der Waals surface area contributed by atoms with Gasteiger partial charge in [-0.1, -0.05) is 21.6 Å². The van der Waals surface area contributed by atoms with E-state index < -0.39 is 20.2 Å². The molecule has 0 rings (SSSR count). The monoisotopic (exact) mass is 353 g/mol. The smallest absolute Gasteiger partial charge is 0.264 e. The summed E-state index contributed by atoms with van der Waals surface area (Å²) in [6, 6.07) is -0.308. The molecular formula is C8H19NO6S4. The van der Waals surface area contributed by atoms with Crippen LogP contribution < -0.4 is 5.73 Å². The molecule has 0 aromatic rings. The summed E-state index contributed by atoms with van der Waals surface area (Å²) in [6.45, 7) is 0. The molecule has 0 fully saturated rings. The average molecular weight is 354 g/mol. The van der Waals surface area contributed by atoms with E-state index in [9.17, 15) is 16.8 Å². The van der Waals surface area contributed by atoms with Crippen molar-refractivity contribution in [3.05, 3.63) is 0 Å². The van der Waals surface area contributed by atoms with Crippen molar-refractivity contribution in [3.63, 3.8) is 0 Å². The molecule has 0 aromatic heterocycles. The molecule has 0 amide bonds. The zero-order valence-electron chi connectivity index (χ0n) is 10.3. The number of hydrogen-bond acceptors (Lipinski definition) is 7. The molecule has 19 heavy (non-hydrogen) atoms. The molecule has 0 saturated heterocycles. The van der Waals surface area contributed by atoms with Gasteiger partial charge in [0.25, 0.3) is 20.2 Å². The normalized spacial score (nSPS) is 14.5. The van der Waals surface area contributed by atoms with E-state index in [0.717, 1.165) is 5.75 Å². The highest BCUT2D eigenvalue weighted by Crippen LogP contribution is 2.23. The van der Waals surface area contributed by atoms with E-state index in [1.807, 2.05) is 0 Å². The van der Waals surface area contributed by atoms with Crippen LogP contribution in [0, 0.1) is 0 Å². The molecule has 0 aliphatic heterocycles. The first-order valence-electron chi connectivity index (χ1n) is 5.50. The summed E-state index contributed by atoms with van der Waals surface area (Å²) in [4.78, 5) is 0. The van der Waals surface area contributed by atoms with Gasteiger partial charge in [-0.3, -0.25) is 9.11 Å². The van der Waals surface area contributed by atoms with Crippen LogP contribution in [0.3, 0.4) is 0 Å². The molecule has 0 bridgehead atoms. The summed E-state index contributed by atoms with van der Waals surface area (Å²) in [5.74, 6) is 0.712. The predicted molar refractivity (Wildman–Crippen MR) is 79.6 cm³/mol.